The van der Waals surface area contributed by atoms with Crippen LogP contribution in [0.4, 0.5) is 4.39 Å². The number of pyridine rings is 1. The molecule has 1 rings (SSSR count). The Morgan fingerprint density at radius 2 is 2.43 bits per heavy atom. The predicted molar refractivity (Wildman–Crippen MR) is 58.3 cm³/mol. The van der Waals surface area contributed by atoms with Crippen molar-refractivity contribution in [3.05, 3.63) is 40.9 Å². The first-order valence-corrected chi connectivity index (χ1v) is 5.12. The van der Waals surface area contributed by atoms with Crippen LogP contribution >= 0.6 is 15.9 Å². The molecule has 1 atom stereocenters. The van der Waals surface area contributed by atoms with Gasteiger partial charge in [-0.2, -0.15) is 4.39 Å². The Morgan fingerprint density at radius 3 is 3.00 bits per heavy atom. The SMILES string of the molecule is C=CCCC(N)c1cnc(F)cc1Br. The van der Waals surface area contributed by atoms with E-state index in [0.29, 0.717) is 4.47 Å². The molecule has 0 radical (unpaired) electrons. The first-order valence-electron chi connectivity index (χ1n) is 4.32. The summed E-state index contributed by atoms with van der Waals surface area (Å²) >= 11 is 3.25. The Kier molecular flexibility index (Phi) is 4.22. The largest absolute Gasteiger partial charge is 0.324 e. The van der Waals surface area contributed by atoms with Gasteiger partial charge in [0.25, 0.3) is 0 Å². The summed E-state index contributed by atoms with van der Waals surface area (Å²) in [6.07, 6.45) is 4.90. The number of nitrogens with two attached hydrogens (primary N) is 1. The van der Waals surface area contributed by atoms with E-state index in [1.54, 1.807) is 0 Å². The minimum absolute atomic E-state index is 0.129. The molecule has 0 bridgehead atoms. The molecule has 1 heterocycles. The van der Waals surface area contributed by atoms with Crippen LogP contribution in [0.1, 0.15) is 24.4 Å². The molecule has 0 saturated carbocycles. The van der Waals surface area contributed by atoms with E-state index in [1.807, 2.05) is 6.08 Å². The molecule has 0 aliphatic heterocycles. The van der Waals surface area contributed by atoms with Crippen molar-refractivity contribution in [3.63, 3.8) is 0 Å². The van der Waals surface area contributed by atoms with Crippen LogP contribution in [-0.4, -0.2) is 4.98 Å². The smallest absolute Gasteiger partial charge is 0.213 e. The number of halogens is 2. The molecule has 0 aliphatic carbocycles. The van der Waals surface area contributed by atoms with E-state index in [4.69, 9.17) is 5.73 Å². The van der Waals surface area contributed by atoms with Crippen molar-refractivity contribution in [1.29, 1.82) is 0 Å². The van der Waals surface area contributed by atoms with Gasteiger partial charge in [0.2, 0.25) is 5.95 Å². The molecule has 0 aliphatic rings. The lowest BCUT2D eigenvalue weighted by Gasteiger charge is -2.11. The van der Waals surface area contributed by atoms with Crippen LogP contribution in [0.25, 0.3) is 0 Å². The number of allylic oxidation sites excluding steroid dienone is 1. The standard InChI is InChI=1S/C10H12BrFN2/c1-2-3-4-9(13)7-6-14-10(12)5-8(7)11/h2,5-6,9H,1,3-4,13H2. The average molecular weight is 259 g/mol. The van der Waals surface area contributed by atoms with Gasteiger partial charge in [0.15, 0.2) is 0 Å². The first-order chi connectivity index (χ1) is 6.65. The maximum atomic E-state index is 12.7. The lowest BCUT2D eigenvalue weighted by atomic mass is 10.1. The molecular formula is C10H12BrFN2. The van der Waals surface area contributed by atoms with Gasteiger partial charge >= 0.3 is 0 Å². The van der Waals surface area contributed by atoms with Crippen molar-refractivity contribution >= 4 is 15.9 Å². The second-order valence-electron chi connectivity index (χ2n) is 3.00. The van der Waals surface area contributed by atoms with Crippen LogP contribution < -0.4 is 5.73 Å². The lowest BCUT2D eigenvalue weighted by Crippen LogP contribution is -2.11. The molecule has 1 aromatic heterocycles. The Balaban J connectivity index is 2.78. The molecule has 4 heteroatoms. The molecule has 1 aromatic rings. The number of aromatic nitrogens is 1. The quantitative estimate of drug-likeness (QED) is 0.667. The van der Waals surface area contributed by atoms with E-state index < -0.39 is 5.95 Å². The Hall–Kier alpha value is -0.740. The summed E-state index contributed by atoms with van der Waals surface area (Å²) in [5, 5.41) is 0. The summed E-state index contributed by atoms with van der Waals surface area (Å²) in [4.78, 5) is 3.57. The lowest BCUT2D eigenvalue weighted by molar-refractivity contribution is 0.575. The third-order valence-corrected chi connectivity index (χ3v) is 2.62. The van der Waals surface area contributed by atoms with Crippen molar-refractivity contribution in [2.24, 2.45) is 5.73 Å². The number of nitrogens with zero attached hydrogens (tertiary/aromatic N) is 1. The van der Waals surface area contributed by atoms with Gasteiger partial charge in [0.05, 0.1) is 0 Å². The highest BCUT2D eigenvalue weighted by Gasteiger charge is 2.10. The van der Waals surface area contributed by atoms with Crippen molar-refractivity contribution in [1.82, 2.24) is 4.98 Å². The van der Waals surface area contributed by atoms with Crippen LogP contribution in [-0.2, 0) is 0 Å². The zero-order valence-corrected chi connectivity index (χ0v) is 9.30. The van der Waals surface area contributed by atoms with Crippen LogP contribution in [0.3, 0.4) is 0 Å². The maximum Gasteiger partial charge on any atom is 0.213 e. The van der Waals surface area contributed by atoms with E-state index in [9.17, 15) is 4.39 Å². The minimum atomic E-state index is -0.503. The molecule has 1 unspecified atom stereocenters. The topological polar surface area (TPSA) is 38.9 Å². The van der Waals surface area contributed by atoms with Gasteiger partial charge in [-0.15, -0.1) is 6.58 Å². The number of rotatable bonds is 4. The van der Waals surface area contributed by atoms with Gasteiger partial charge in [0, 0.05) is 28.3 Å². The molecular weight excluding hydrogens is 247 g/mol. The highest BCUT2D eigenvalue weighted by molar-refractivity contribution is 9.10. The molecule has 0 saturated heterocycles. The molecule has 2 N–H and O–H groups in total. The van der Waals surface area contributed by atoms with Crippen LogP contribution in [0.5, 0.6) is 0 Å². The molecule has 2 nitrogen and oxygen atoms in total. The van der Waals surface area contributed by atoms with Crippen molar-refractivity contribution in [3.8, 4) is 0 Å². The van der Waals surface area contributed by atoms with E-state index in [2.05, 4.69) is 27.5 Å². The van der Waals surface area contributed by atoms with E-state index in [0.717, 1.165) is 18.4 Å². The monoisotopic (exact) mass is 258 g/mol. The van der Waals surface area contributed by atoms with Crippen LogP contribution in [0, 0.1) is 5.95 Å². The number of hydrogen-bond acceptors (Lipinski definition) is 2. The normalized spacial score (nSPS) is 12.5. The summed E-state index contributed by atoms with van der Waals surface area (Å²) in [7, 11) is 0. The second kappa shape index (κ2) is 5.22. The average Bonchev–Trinajstić information content (AvgIpc) is 2.14. The highest BCUT2D eigenvalue weighted by Crippen LogP contribution is 2.24. The third-order valence-electron chi connectivity index (χ3n) is 1.93. The van der Waals surface area contributed by atoms with Gasteiger partial charge < -0.3 is 5.73 Å². The molecule has 0 spiro atoms. The first kappa shape index (κ1) is 11.3. The Labute approximate surface area is 91.2 Å². The van der Waals surface area contributed by atoms with Crippen molar-refractivity contribution in [2.75, 3.05) is 0 Å². The van der Waals surface area contributed by atoms with Gasteiger partial charge in [-0.1, -0.05) is 22.0 Å². The maximum absolute atomic E-state index is 12.7. The Bertz CT molecular complexity index is 328. The summed E-state index contributed by atoms with van der Waals surface area (Å²) < 4.78 is 13.3. The van der Waals surface area contributed by atoms with Gasteiger partial charge in [-0.3, -0.25) is 0 Å². The van der Waals surface area contributed by atoms with E-state index in [-0.39, 0.29) is 6.04 Å². The summed E-state index contributed by atoms with van der Waals surface area (Å²) in [6, 6.07) is 1.19. The summed E-state index contributed by atoms with van der Waals surface area (Å²) in [5.74, 6) is -0.503. The molecule has 76 valence electrons. The third kappa shape index (κ3) is 2.89. The minimum Gasteiger partial charge on any atom is -0.324 e. The summed E-state index contributed by atoms with van der Waals surface area (Å²) in [6.45, 7) is 3.62. The predicted octanol–water partition coefficient (Wildman–Crippen LogP) is 2.95. The van der Waals surface area contributed by atoms with Crippen molar-refractivity contribution < 1.29 is 4.39 Å². The zero-order chi connectivity index (χ0) is 10.6. The van der Waals surface area contributed by atoms with Crippen LogP contribution in [0.2, 0.25) is 0 Å². The fourth-order valence-corrected chi connectivity index (χ4v) is 1.73. The van der Waals surface area contributed by atoms with Gasteiger partial charge in [-0.25, -0.2) is 4.98 Å². The van der Waals surface area contributed by atoms with Crippen molar-refractivity contribution in [2.45, 2.75) is 18.9 Å². The zero-order valence-electron chi connectivity index (χ0n) is 7.71. The molecule has 0 fully saturated rings. The molecule has 0 amide bonds. The molecule has 0 aromatic carbocycles. The fourth-order valence-electron chi connectivity index (χ4n) is 1.14. The Morgan fingerprint density at radius 1 is 1.71 bits per heavy atom. The van der Waals surface area contributed by atoms with Gasteiger partial charge in [0.1, 0.15) is 0 Å². The highest BCUT2D eigenvalue weighted by atomic mass is 79.9. The van der Waals surface area contributed by atoms with Crippen LogP contribution in [0.15, 0.2) is 29.4 Å². The van der Waals surface area contributed by atoms with Gasteiger partial charge in [-0.05, 0) is 12.8 Å². The van der Waals surface area contributed by atoms with E-state index in [1.165, 1.54) is 12.3 Å². The van der Waals surface area contributed by atoms with E-state index >= 15 is 0 Å². The fraction of sp³-hybridized carbons (Fsp3) is 0.300. The summed E-state index contributed by atoms with van der Waals surface area (Å²) in [5.41, 5.74) is 6.72. The second-order valence-corrected chi connectivity index (χ2v) is 3.86. The molecule has 14 heavy (non-hydrogen) atoms. The number of hydrogen-bond donors (Lipinski definition) is 1.